The molecule has 1 amide bonds. The predicted octanol–water partition coefficient (Wildman–Crippen LogP) is 4.44. The summed E-state index contributed by atoms with van der Waals surface area (Å²) in [6.07, 6.45) is 7.03. The molecule has 3 N–H and O–H groups in total. The van der Waals surface area contributed by atoms with Crippen LogP contribution in [-0.2, 0) is 17.9 Å². The molecule has 1 aliphatic carbocycles. The Labute approximate surface area is 302 Å². The van der Waals surface area contributed by atoms with Crippen molar-refractivity contribution in [3.63, 3.8) is 0 Å². The Morgan fingerprint density at radius 1 is 0.925 bits per heavy atom. The first-order valence-corrected chi connectivity index (χ1v) is 17.8. The van der Waals surface area contributed by atoms with Gasteiger partial charge in [-0.15, -0.1) is 0 Å². The minimum atomic E-state index is -0.679. The van der Waals surface area contributed by atoms with Crippen molar-refractivity contribution in [1.29, 1.82) is 0 Å². The van der Waals surface area contributed by atoms with E-state index in [1.807, 2.05) is 24.3 Å². The number of amides is 1. The highest BCUT2D eigenvalue weighted by molar-refractivity contribution is 5.77. The highest BCUT2D eigenvalue weighted by atomic mass is 19.1. The molecular formula is C39H38F2N8O4. The zero-order valence-corrected chi connectivity index (χ0v) is 28.8. The van der Waals surface area contributed by atoms with E-state index in [1.54, 1.807) is 34.9 Å². The van der Waals surface area contributed by atoms with Crippen molar-refractivity contribution in [3.8, 4) is 22.6 Å². The van der Waals surface area contributed by atoms with Gasteiger partial charge in [-0.05, 0) is 84.8 Å². The van der Waals surface area contributed by atoms with Gasteiger partial charge >= 0.3 is 5.69 Å². The first kappa shape index (κ1) is 34.4. The number of imidazole rings is 1. The van der Waals surface area contributed by atoms with Crippen molar-refractivity contribution in [3.05, 3.63) is 123 Å². The summed E-state index contributed by atoms with van der Waals surface area (Å²) in [5, 5.41) is 16.8. The Balaban J connectivity index is 1.09. The number of benzene rings is 2. The van der Waals surface area contributed by atoms with Crippen LogP contribution < -0.4 is 21.9 Å². The minimum absolute atomic E-state index is 0.00708. The number of hydrogen-bond acceptors (Lipinski definition) is 8. The molecule has 8 rings (SSSR count). The molecular weight excluding hydrogens is 682 g/mol. The lowest BCUT2D eigenvalue weighted by molar-refractivity contribution is -0.120. The molecule has 2 aliphatic rings. The van der Waals surface area contributed by atoms with Crippen LogP contribution in [0, 0.1) is 11.6 Å². The number of halogens is 2. The van der Waals surface area contributed by atoms with Gasteiger partial charge in [0.25, 0.3) is 5.56 Å². The van der Waals surface area contributed by atoms with Gasteiger partial charge in [0, 0.05) is 63.6 Å². The molecule has 5 heterocycles. The van der Waals surface area contributed by atoms with E-state index in [0.29, 0.717) is 76.2 Å². The number of nitrogens with zero attached hydrogens (tertiary/aromatic N) is 6. The summed E-state index contributed by atoms with van der Waals surface area (Å²) in [7, 11) is 0. The molecule has 2 aromatic carbocycles. The maximum absolute atomic E-state index is 14.6. The van der Waals surface area contributed by atoms with E-state index in [9.17, 15) is 28.3 Å². The topological polar surface area (TPSA) is 139 Å². The van der Waals surface area contributed by atoms with Crippen LogP contribution >= 0.6 is 0 Å². The Hall–Kier alpha value is -5.73. The average molecular weight is 721 g/mol. The van der Waals surface area contributed by atoms with Gasteiger partial charge in [0.15, 0.2) is 5.65 Å². The quantitative estimate of drug-likeness (QED) is 0.210. The van der Waals surface area contributed by atoms with Crippen LogP contribution in [0.1, 0.15) is 49.4 Å². The number of rotatable bonds is 8. The second kappa shape index (κ2) is 14.4. The van der Waals surface area contributed by atoms with Crippen LogP contribution in [0.15, 0.2) is 88.8 Å². The van der Waals surface area contributed by atoms with Gasteiger partial charge in [0.2, 0.25) is 5.91 Å². The van der Waals surface area contributed by atoms with Gasteiger partial charge < -0.3 is 20.1 Å². The summed E-state index contributed by atoms with van der Waals surface area (Å²) in [4.78, 5) is 51.2. The fraction of sp³-hybridized carbons (Fsp3) is 0.308. The van der Waals surface area contributed by atoms with Crippen molar-refractivity contribution < 1.29 is 18.7 Å². The third-order valence-corrected chi connectivity index (χ3v) is 10.3. The van der Waals surface area contributed by atoms with Crippen molar-refractivity contribution in [1.82, 2.24) is 39.0 Å². The van der Waals surface area contributed by atoms with Crippen molar-refractivity contribution in [2.24, 2.45) is 0 Å². The standard InChI is InChI=1S/C39H38F2N8O4/c40-26-4-11-35-45-29(23-47(35)22-26)20-43-28-5-7-30(8-6-28)49-38(52)34-18-27(41)19-44-37(34)48(39(49)53)31-3-1-2-24(16-31)33-10-9-32(50)17-25(33)21-46-14-12-36(51)42-13-15-46/h1-4,9-11,16-19,22-23,28,30,43,50H,5-8,12-15,20-21H2,(H,42,51). The number of pyridine rings is 2. The maximum atomic E-state index is 14.6. The predicted molar refractivity (Wildman–Crippen MR) is 195 cm³/mol. The van der Waals surface area contributed by atoms with Crippen LogP contribution in [-0.4, -0.2) is 65.1 Å². The van der Waals surface area contributed by atoms with E-state index >= 15 is 0 Å². The number of phenols is 1. The molecule has 53 heavy (non-hydrogen) atoms. The number of carbonyl (C=O) groups excluding carboxylic acids is 1. The summed E-state index contributed by atoms with van der Waals surface area (Å²) >= 11 is 0. The third kappa shape index (κ3) is 7.07. The van der Waals surface area contributed by atoms with Gasteiger partial charge in [0.05, 0.1) is 23.0 Å². The molecule has 2 fully saturated rings. The number of fused-ring (bicyclic) bond motifs is 2. The number of hydrogen-bond donors (Lipinski definition) is 3. The Morgan fingerprint density at radius 3 is 2.62 bits per heavy atom. The number of nitrogens with one attached hydrogen (secondary N) is 2. The van der Waals surface area contributed by atoms with E-state index in [0.717, 1.165) is 34.6 Å². The molecule has 0 atom stereocenters. The second-order valence-corrected chi connectivity index (χ2v) is 13.8. The largest absolute Gasteiger partial charge is 0.508 e. The summed E-state index contributed by atoms with van der Waals surface area (Å²) in [6, 6.07) is 16.3. The smallest absolute Gasteiger partial charge is 0.337 e. The lowest BCUT2D eigenvalue weighted by atomic mass is 9.91. The number of carbonyl (C=O) groups is 1. The summed E-state index contributed by atoms with van der Waals surface area (Å²) in [6.45, 7) is 2.75. The first-order chi connectivity index (χ1) is 25.7. The number of phenolic OH excluding ortho intramolecular Hbond substituents is 1. The Kier molecular flexibility index (Phi) is 9.31. The first-order valence-electron chi connectivity index (χ1n) is 17.8. The summed E-state index contributed by atoms with van der Waals surface area (Å²) in [5.74, 6) is -0.902. The fourth-order valence-corrected chi connectivity index (χ4v) is 7.64. The van der Waals surface area contributed by atoms with Crippen LogP contribution in [0.5, 0.6) is 5.75 Å². The minimum Gasteiger partial charge on any atom is -0.508 e. The van der Waals surface area contributed by atoms with E-state index < -0.39 is 23.1 Å². The SMILES string of the molecule is O=C1CCN(Cc2cc(O)ccc2-c2cccc(-n3c(=O)n(C4CCC(NCc5cn6cc(F)ccc6n5)CC4)c(=O)c4cc(F)cnc43)c2)CCN1. The molecule has 12 nitrogen and oxygen atoms in total. The monoisotopic (exact) mass is 720 g/mol. The van der Waals surface area contributed by atoms with E-state index in [1.165, 1.54) is 21.4 Å². The van der Waals surface area contributed by atoms with Gasteiger partial charge in [-0.1, -0.05) is 18.2 Å². The molecule has 14 heteroatoms. The molecule has 0 spiro atoms. The van der Waals surface area contributed by atoms with Gasteiger partial charge in [0.1, 0.15) is 23.0 Å². The Bertz CT molecular complexity index is 2470. The number of aromatic hydroxyl groups is 1. The van der Waals surface area contributed by atoms with E-state index in [-0.39, 0.29) is 34.5 Å². The lowest BCUT2D eigenvalue weighted by Crippen LogP contribution is -2.44. The second-order valence-electron chi connectivity index (χ2n) is 13.8. The third-order valence-electron chi connectivity index (χ3n) is 10.3. The maximum Gasteiger partial charge on any atom is 0.337 e. The zero-order valence-electron chi connectivity index (χ0n) is 28.8. The molecule has 4 aromatic heterocycles. The van der Waals surface area contributed by atoms with Gasteiger partial charge in [-0.2, -0.15) is 0 Å². The fourth-order valence-electron chi connectivity index (χ4n) is 7.64. The average Bonchev–Trinajstić information content (AvgIpc) is 3.44. The van der Waals surface area contributed by atoms with Crippen LogP contribution in [0.25, 0.3) is 33.5 Å². The van der Waals surface area contributed by atoms with Crippen molar-refractivity contribution in [2.45, 2.75) is 57.3 Å². The van der Waals surface area contributed by atoms with Crippen LogP contribution in [0.3, 0.4) is 0 Å². The van der Waals surface area contributed by atoms with Crippen molar-refractivity contribution in [2.75, 3.05) is 19.6 Å². The van der Waals surface area contributed by atoms with Crippen molar-refractivity contribution >= 4 is 22.6 Å². The molecule has 1 saturated heterocycles. The molecule has 272 valence electrons. The molecule has 0 bridgehead atoms. The van der Waals surface area contributed by atoms with Crippen LogP contribution in [0.4, 0.5) is 8.78 Å². The highest BCUT2D eigenvalue weighted by Gasteiger charge is 2.27. The molecule has 6 aromatic rings. The summed E-state index contributed by atoms with van der Waals surface area (Å²) < 4.78 is 32.5. The highest BCUT2D eigenvalue weighted by Crippen LogP contribution is 2.31. The van der Waals surface area contributed by atoms with E-state index in [4.69, 9.17) is 0 Å². The van der Waals surface area contributed by atoms with Gasteiger partial charge in [-0.25, -0.2) is 28.1 Å². The molecule has 1 aliphatic heterocycles. The molecule has 1 saturated carbocycles. The Morgan fingerprint density at radius 2 is 1.77 bits per heavy atom. The molecule has 0 unspecified atom stereocenters. The molecule has 0 radical (unpaired) electrons. The normalized spacial score (nSPS) is 18.3. The zero-order chi connectivity index (χ0) is 36.6. The lowest BCUT2D eigenvalue weighted by Gasteiger charge is -2.30. The van der Waals surface area contributed by atoms with Gasteiger partial charge in [-0.3, -0.25) is 19.1 Å². The summed E-state index contributed by atoms with van der Waals surface area (Å²) in [5.41, 5.74) is 3.26. The number of aromatic nitrogens is 5. The van der Waals surface area contributed by atoms with E-state index in [2.05, 4.69) is 25.5 Å². The van der Waals surface area contributed by atoms with Crippen LogP contribution in [0.2, 0.25) is 0 Å².